The van der Waals surface area contributed by atoms with Gasteiger partial charge >= 0.3 is 51.1 Å². The van der Waals surface area contributed by atoms with Crippen molar-refractivity contribution in [3.05, 3.63) is 0 Å². The van der Waals surface area contributed by atoms with Gasteiger partial charge in [-0.25, -0.2) is 22.3 Å². The van der Waals surface area contributed by atoms with Crippen molar-refractivity contribution in [1.29, 1.82) is 0 Å². The van der Waals surface area contributed by atoms with Gasteiger partial charge in [0, 0.05) is 88.5 Å². The Bertz CT molecular complexity index is 1220. The molecule has 0 bridgehead atoms. The molecule has 13 nitrogen and oxygen atoms in total. The fourth-order valence-electron chi connectivity index (χ4n) is 7.59. The maximum atomic E-state index is 14.5. The van der Waals surface area contributed by atoms with E-state index in [2.05, 4.69) is 18.9 Å². The van der Waals surface area contributed by atoms with Crippen molar-refractivity contribution >= 4 is 26.4 Å². The van der Waals surface area contributed by atoms with Crippen LogP contribution in [-0.2, 0) is 58.8 Å². The summed E-state index contributed by atoms with van der Waals surface area (Å²) in [5.41, 5.74) is -0.191. The van der Waals surface area contributed by atoms with E-state index in [1.165, 1.54) is 0 Å². The van der Waals surface area contributed by atoms with E-state index < -0.39 is 102 Å². The first-order chi connectivity index (χ1) is 30.9. The van der Waals surface area contributed by atoms with Gasteiger partial charge < -0.3 is 49.3 Å². The molecule has 0 atom stereocenters. The summed E-state index contributed by atoms with van der Waals surface area (Å²) >= 11 is 0. The van der Waals surface area contributed by atoms with Crippen LogP contribution < -0.4 is 0 Å². The molecule has 0 aliphatic rings. The molecule has 0 fully saturated rings. The number of unbranched alkanes of at least 4 members (excludes halogenated alkanes) is 5. The van der Waals surface area contributed by atoms with Crippen LogP contribution in [0.3, 0.4) is 0 Å². The molecule has 0 aliphatic carbocycles. The SMILES string of the molecule is CO[Si](CCCC(CCCCCCCCC(F)(F)COCC(F)(F)OC(F)(F)CC(F)(F)COCC(F)(F)OC(F)(F)F)(CCC[Si](OC)(OC)OC)CCC[Si](OC)(OC)OC)(OC)OC. The quantitative estimate of drug-likeness (QED) is 0.0328. The van der Waals surface area contributed by atoms with Crippen molar-refractivity contribution in [2.45, 2.75) is 151 Å². The smallest absolute Gasteiger partial charge is 0.377 e. The van der Waals surface area contributed by atoms with Crippen LogP contribution in [0.15, 0.2) is 0 Å². The molecule has 29 heteroatoms. The second kappa shape index (κ2) is 30.3. The molecule has 0 aromatic heterocycles. The van der Waals surface area contributed by atoms with Crippen LogP contribution >= 0.6 is 0 Å². The summed E-state index contributed by atoms with van der Waals surface area (Å²) in [4.78, 5) is 0. The normalized spacial score (nSPS) is 14.4. The van der Waals surface area contributed by atoms with Gasteiger partial charge in [0.1, 0.15) is 32.8 Å². The predicted molar refractivity (Wildman–Crippen MR) is 221 cm³/mol. The van der Waals surface area contributed by atoms with Crippen molar-refractivity contribution in [3.8, 4) is 0 Å². The Labute approximate surface area is 388 Å². The standard InChI is InChI=1S/C38H71F13O13Si3/c1-52-65(53-2,54-3)24-16-20-32(21-17-25-66(55-4,56-5)57-6,22-18-26-67(58-7,59-8)60-9)19-14-12-10-11-13-15-23-33(39,40)28-61-30-36(45,46)63-35(43,44)27-34(41,42)29-62-31-37(47,48)64-38(49,50)51/h10-31H2,1-9H3. The fourth-order valence-corrected chi connectivity index (χ4v) is 12.8. The molecule has 0 aliphatic heterocycles. The number of ether oxygens (including phenoxy) is 4. The second-order valence-electron chi connectivity index (χ2n) is 16.0. The first-order valence-corrected chi connectivity index (χ1v) is 27.2. The highest BCUT2D eigenvalue weighted by Crippen LogP contribution is 2.44. The average molecular weight is 1070 g/mol. The Morgan fingerprint density at radius 3 is 0.955 bits per heavy atom. The lowest BCUT2D eigenvalue weighted by Gasteiger charge is -2.37. The Hall–Kier alpha value is -0.779. The summed E-state index contributed by atoms with van der Waals surface area (Å²) in [5, 5.41) is 0. The lowest BCUT2D eigenvalue weighted by atomic mass is 9.72. The number of halogens is 13. The van der Waals surface area contributed by atoms with Gasteiger partial charge in [-0.1, -0.05) is 32.1 Å². The van der Waals surface area contributed by atoms with Crippen molar-refractivity contribution in [2.75, 3.05) is 90.4 Å². The molecule has 0 unspecified atom stereocenters. The van der Waals surface area contributed by atoms with Gasteiger partial charge in [-0.05, 0) is 56.8 Å². The van der Waals surface area contributed by atoms with Gasteiger partial charge in [0.15, 0.2) is 0 Å². The largest absolute Gasteiger partial charge is 0.527 e. The van der Waals surface area contributed by atoms with Crippen molar-refractivity contribution < 1.29 is 116 Å². The molecule has 0 amide bonds. The summed E-state index contributed by atoms with van der Waals surface area (Å²) in [6, 6.07) is 1.73. The van der Waals surface area contributed by atoms with Crippen LogP contribution in [0, 0.1) is 5.41 Å². The summed E-state index contributed by atoms with van der Waals surface area (Å²) in [5.74, 6) is -8.57. The molecular weight excluding hydrogens is 996 g/mol. The van der Waals surface area contributed by atoms with Crippen LogP contribution in [0.25, 0.3) is 0 Å². The van der Waals surface area contributed by atoms with Crippen LogP contribution in [-0.4, -0.2) is 153 Å². The summed E-state index contributed by atoms with van der Waals surface area (Å²) in [6.45, 7) is -8.66. The van der Waals surface area contributed by atoms with Crippen molar-refractivity contribution in [1.82, 2.24) is 0 Å². The van der Waals surface area contributed by atoms with Gasteiger partial charge in [0.25, 0.3) is 11.8 Å². The second-order valence-corrected chi connectivity index (χ2v) is 25.3. The molecule has 0 rings (SSSR count). The number of hydrogen-bond acceptors (Lipinski definition) is 13. The molecule has 0 aromatic carbocycles. The van der Waals surface area contributed by atoms with E-state index in [1.54, 1.807) is 64.0 Å². The Morgan fingerprint density at radius 2 is 0.612 bits per heavy atom. The number of rotatable bonds is 43. The van der Waals surface area contributed by atoms with E-state index in [4.69, 9.17) is 39.8 Å². The Morgan fingerprint density at radius 1 is 0.313 bits per heavy atom. The summed E-state index contributed by atoms with van der Waals surface area (Å²) in [7, 11) is 5.31. The zero-order chi connectivity index (χ0) is 51.7. The molecule has 0 aromatic rings. The topological polar surface area (TPSA) is 120 Å². The Balaban J connectivity index is 5.38. The van der Waals surface area contributed by atoms with Crippen molar-refractivity contribution in [2.24, 2.45) is 5.41 Å². The third kappa shape index (κ3) is 27.6. The van der Waals surface area contributed by atoms with Gasteiger partial charge in [0.2, 0.25) is 0 Å². The van der Waals surface area contributed by atoms with E-state index in [1.807, 2.05) is 0 Å². The number of alkyl halides is 13. The average Bonchev–Trinajstić information content (AvgIpc) is 3.22. The maximum absolute atomic E-state index is 14.5. The molecule has 0 N–H and O–H groups in total. The third-order valence-electron chi connectivity index (χ3n) is 11.1. The van der Waals surface area contributed by atoms with Crippen LogP contribution in [0.4, 0.5) is 57.1 Å². The van der Waals surface area contributed by atoms with Gasteiger partial charge in [-0.2, -0.15) is 26.3 Å². The summed E-state index contributed by atoms with van der Waals surface area (Å²) in [6.07, 6.45) is -16.8. The highest BCUT2D eigenvalue weighted by molar-refractivity contribution is 6.61. The minimum atomic E-state index is -5.90. The molecule has 0 heterocycles. The molecule has 0 saturated carbocycles. The monoisotopic (exact) mass is 1070 g/mol. The van der Waals surface area contributed by atoms with Gasteiger partial charge in [0.05, 0.1) is 0 Å². The Kier molecular flexibility index (Phi) is 29.9. The molecule has 0 spiro atoms. The first kappa shape index (κ1) is 66.2. The highest BCUT2D eigenvalue weighted by Gasteiger charge is 2.52. The third-order valence-corrected chi connectivity index (χ3v) is 19.6. The van der Waals surface area contributed by atoms with Crippen LogP contribution in [0.1, 0.15) is 96.3 Å². The first-order valence-electron chi connectivity index (χ1n) is 21.4. The van der Waals surface area contributed by atoms with E-state index in [0.717, 1.165) is 57.8 Å². The molecule has 0 saturated heterocycles. The molecule has 67 heavy (non-hydrogen) atoms. The molecular formula is C38H71F13O13Si3. The zero-order valence-corrected chi connectivity index (χ0v) is 42.8. The van der Waals surface area contributed by atoms with Crippen molar-refractivity contribution in [3.63, 3.8) is 0 Å². The zero-order valence-electron chi connectivity index (χ0n) is 39.8. The predicted octanol–water partition coefficient (Wildman–Crippen LogP) is 11.1. The fraction of sp³-hybridized carbons (Fsp3) is 1.00. The van der Waals surface area contributed by atoms with Crippen LogP contribution in [0.2, 0.25) is 18.1 Å². The minimum absolute atomic E-state index is 0.0465. The lowest BCUT2D eigenvalue weighted by Crippen LogP contribution is -2.43. The number of hydrogen-bond donors (Lipinski definition) is 0. The minimum Gasteiger partial charge on any atom is -0.377 e. The van der Waals surface area contributed by atoms with E-state index in [-0.39, 0.29) is 11.8 Å². The molecule has 404 valence electrons. The van der Waals surface area contributed by atoms with Crippen LogP contribution in [0.5, 0.6) is 0 Å². The van der Waals surface area contributed by atoms with E-state index in [9.17, 15) is 57.1 Å². The highest BCUT2D eigenvalue weighted by atomic mass is 28.4. The maximum Gasteiger partial charge on any atom is 0.527 e. The van der Waals surface area contributed by atoms with Gasteiger partial charge in [-0.15, -0.1) is 13.2 Å². The van der Waals surface area contributed by atoms with E-state index in [0.29, 0.717) is 37.4 Å². The van der Waals surface area contributed by atoms with E-state index >= 15 is 0 Å². The summed E-state index contributed by atoms with van der Waals surface area (Å²) < 4.78 is 238. The van der Waals surface area contributed by atoms with Gasteiger partial charge in [-0.3, -0.25) is 4.74 Å². The molecule has 0 radical (unpaired) electrons. The lowest BCUT2D eigenvalue weighted by molar-refractivity contribution is -0.432.